The molecule has 1 unspecified atom stereocenters. The Balaban J connectivity index is 1.66. The minimum atomic E-state index is -0.0831. The fourth-order valence-electron chi connectivity index (χ4n) is 3.59. The Bertz CT molecular complexity index is 527. The van der Waals surface area contributed by atoms with Crippen molar-refractivity contribution in [2.24, 2.45) is 0 Å². The smallest absolute Gasteiger partial charge is 0.127 e. The van der Waals surface area contributed by atoms with E-state index >= 15 is 0 Å². The number of ether oxygens (including phenoxy) is 1. The molecular weight excluding hydrogens is 312 g/mol. The summed E-state index contributed by atoms with van der Waals surface area (Å²) in [7, 11) is 4.43. The van der Waals surface area contributed by atoms with Crippen LogP contribution in [0.25, 0.3) is 0 Å². The number of aliphatic hydroxyl groups excluding tert-OH is 1. The van der Waals surface area contributed by atoms with Gasteiger partial charge in [-0.05, 0) is 60.5 Å². The highest BCUT2D eigenvalue weighted by Gasteiger charge is 2.28. The second-order valence-electron chi connectivity index (χ2n) is 6.86. The number of halogens is 1. The first kappa shape index (κ1) is 17.3. The highest BCUT2D eigenvalue weighted by atomic mass is 31.0. The second kappa shape index (κ2) is 7.57. The van der Waals surface area contributed by atoms with Gasteiger partial charge in [-0.25, -0.2) is 4.39 Å². The normalized spacial score (nSPS) is 25.7. The van der Waals surface area contributed by atoms with E-state index in [1.165, 1.54) is 12.8 Å². The zero-order valence-corrected chi connectivity index (χ0v) is 15.0. The van der Waals surface area contributed by atoms with Crippen LogP contribution >= 0.6 is 9.24 Å². The molecule has 0 aromatic heterocycles. The minimum Gasteiger partial charge on any atom is -0.395 e. The van der Waals surface area contributed by atoms with Gasteiger partial charge < -0.3 is 9.84 Å². The van der Waals surface area contributed by atoms with E-state index in [0.717, 1.165) is 42.4 Å². The van der Waals surface area contributed by atoms with Crippen molar-refractivity contribution in [1.82, 2.24) is 4.90 Å². The maximum atomic E-state index is 14.5. The molecule has 3 nitrogen and oxygen atoms in total. The third-order valence-corrected chi connectivity index (χ3v) is 5.79. The van der Waals surface area contributed by atoms with Gasteiger partial charge >= 0.3 is 0 Å². The Morgan fingerprint density at radius 1 is 1.30 bits per heavy atom. The van der Waals surface area contributed by atoms with Gasteiger partial charge in [-0.3, -0.25) is 4.90 Å². The van der Waals surface area contributed by atoms with Gasteiger partial charge in [0.25, 0.3) is 0 Å². The van der Waals surface area contributed by atoms with Gasteiger partial charge in [0, 0.05) is 26.2 Å². The molecule has 1 aliphatic heterocycles. The molecule has 0 radical (unpaired) electrons. The lowest BCUT2D eigenvalue weighted by Gasteiger charge is -2.38. The molecule has 1 aliphatic carbocycles. The van der Waals surface area contributed by atoms with Gasteiger partial charge in [-0.15, -0.1) is 9.24 Å². The van der Waals surface area contributed by atoms with Crippen LogP contribution in [0.5, 0.6) is 0 Å². The summed E-state index contributed by atoms with van der Waals surface area (Å²) in [5, 5.41) is 10.5. The van der Waals surface area contributed by atoms with Crippen molar-refractivity contribution >= 4 is 14.5 Å². The fourth-order valence-corrected chi connectivity index (χ4v) is 4.06. The molecule has 2 aliphatic rings. The molecule has 128 valence electrons. The van der Waals surface area contributed by atoms with Crippen molar-refractivity contribution in [2.45, 2.75) is 50.2 Å². The van der Waals surface area contributed by atoms with Gasteiger partial charge in [-0.2, -0.15) is 0 Å². The molecule has 0 spiro atoms. The Morgan fingerprint density at radius 2 is 2.09 bits per heavy atom. The molecule has 5 heteroatoms. The SMILES string of the molecule is CO[C@@H]1CC[C@H](CO)N(CCc2c(F)cc(C3CC3)cc2P)C1. The molecule has 2 fully saturated rings. The Kier molecular flexibility index (Phi) is 5.69. The lowest BCUT2D eigenvalue weighted by molar-refractivity contribution is -0.00877. The van der Waals surface area contributed by atoms with E-state index in [2.05, 4.69) is 20.2 Å². The summed E-state index contributed by atoms with van der Waals surface area (Å²) in [4.78, 5) is 2.25. The van der Waals surface area contributed by atoms with Crippen molar-refractivity contribution in [1.29, 1.82) is 0 Å². The first-order chi connectivity index (χ1) is 11.1. The minimum absolute atomic E-state index is 0.0831. The fraction of sp³-hybridized carbons (Fsp3) is 0.667. The molecule has 3 atom stereocenters. The van der Waals surface area contributed by atoms with Crippen LogP contribution in [-0.4, -0.2) is 49.0 Å². The Hall–Kier alpha value is -0.540. The van der Waals surface area contributed by atoms with Crippen molar-refractivity contribution in [3.8, 4) is 0 Å². The number of rotatable bonds is 6. The van der Waals surface area contributed by atoms with E-state index in [1.54, 1.807) is 13.2 Å². The van der Waals surface area contributed by atoms with E-state index in [4.69, 9.17) is 4.74 Å². The monoisotopic (exact) mass is 339 g/mol. The van der Waals surface area contributed by atoms with Gasteiger partial charge in [-0.1, -0.05) is 6.07 Å². The van der Waals surface area contributed by atoms with Crippen molar-refractivity contribution in [2.75, 3.05) is 26.8 Å². The number of likely N-dealkylation sites (tertiary alicyclic amines) is 1. The van der Waals surface area contributed by atoms with Gasteiger partial charge in [0.05, 0.1) is 12.7 Å². The Morgan fingerprint density at radius 3 is 2.70 bits per heavy atom. The lowest BCUT2D eigenvalue weighted by Crippen LogP contribution is -2.48. The van der Waals surface area contributed by atoms with Crippen molar-refractivity contribution < 1.29 is 14.2 Å². The number of piperidine rings is 1. The highest BCUT2D eigenvalue weighted by molar-refractivity contribution is 7.27. The largest absolute Gasteiger partial charge is 0.395 e. The summed E-state index contributed by atoms with van der Waals surface area (Å²) in [6, 6.07) is 4.01. The summed E-state index contributed by atoms with van der Waals surface area (Å²) < 4.78 is 19.9. The maximum absolute atomic E-state index is 14.5. The quantitative estimate of drug-likeness (QED) is 0.807. The van der Waals surface area contributed by atoms with E-state index < -0.39 is 0 Å². The third kappa shape index (κ3) is 4.11. The number of hydrogen-bond acceptors (Lipinski definition) is 3. The summed E-state index contributed by atoms with van der Waals surface area (Å²) in [5.41, 5.74) is 1.93. The first-order valence-corrected chi connectivity index (χ1v) is 9.15. The molecule has 1 saturated heterocycles. The molecule has 1 aromatic rings. The summed E-state index contributed by atoms with van der Waals surface area (Å²) in [6.45, 7) is 1.73. The van der Waals surface area contributed by atoms with E-state index in [9.17, 15) is 9.50 Å². The molecule has 1 saturated carbocycles. The molecule has 23 heavy (non-hydrogen) atoms. The number of benzene rings is 1. The van der Waals surface area contributed by atoms with Crippen LogP contribution in [0.3, 0.4) is 0 Å². The average molecular weight is 339 g/mol. The van der Waals surface area contributed by atoms with Crippen LogP contribution in [-0.2, 0) is 11.2 Å². The molecule has 3 rings (SSSR count). The molecular formula is C18H27FNO2P. The molecule has 1 aromatic carbocycles. The van der Waals surface area contributed by atoms with Crippen LogP contribution in [0.1, 0.15) is 42.7 Å². The number of methoxy groups -OCH3 is 1. The standard InChI is InChI=1S/C18H27FNO2P/c1-22-15-5-4-14(11-21)20(10-15)7-6-16-17(19)8-13(9-18(16)23)12-2-3-12/h8-9,12,14-15,21H,2-7,10-11,23H2,1H3/t14-,15-/m1/s1. The van der Waals surface area contributed by atoms with Crippen molar-refractivity contribution in [3.63, 3.8) is 0 Å². The highest BCUT2D eigenvalue weighted by Crippen LogP contribution is 2.40. The molecule has 1 N–H and O–H groups in total. The molecule has 0 amide bonds. The second-order valence-corrected chi connectivity index (χ2v) is 7.48. The van der Waals surface area contributed by atoms with Crippen LogP contribution in [0.15, 0.2) is 12.1 Å². The average Bonchev–Trinajstić information content (AvgIpc) is 3.38. The predicted molar refractivity (Wildman–Crippen MR) is 93.9 cm³/mol. The predicted octanol–water partition coefficient (Wildman–Crippen LogP) is 2.22. The third-order valence-electron chi connectivity index (χ3n) is 5.27. The zero-order chi connectivity index (χ0) is 16.4. The van der Waals surface area contributed by atoms with Crippen LogP contribution in [0, 0.1) is 5.82 Å². The molecule has 0 bridgehead atoms. The van der Waals surface area contributed by atoms with Gasteiger partial charge in [0.1, 0.15) is 5.82 Å². The van der Waals surface area contributed by atoms with E-state index in [1.807, 2.05) is 0 Å². The van der Waals surface area contributed by atoms with Gasteiger partial charge in [0.2, 0.25) is 0 Å². The van der Waals surface area contributed by atoms with E-state index in [-0.39, 0.29) is 24.6 Å². The van der Waals surface area contributed by atoms with E-state index in [0.29, 0.717) is 12.3 Å². The topological polar surface area (TPSA) is 32.7 Å². The summed E-state index contributed by atoms with van der Waals surface area (Å²) >= 11 is 0. The number of nitrogens with zero attached hydrogens (tertiary/aromatic N) is 1. The molecule has 1 heterocycles. The number of hydrogen-bond donors (Lipinski definition) is 1. The van der Waals surface area contributed by atoms with Crippen LogP contribution in [0.2, 0.25) is 0 Å². The summed E-state index contributed by atoms with van der Waals surface area (Å²) in [5.74, 6) is 0.487. The lowest BCUT2D eigenvalue weighted by atomic mass is 9.99. The zero-order valence-electron chi connectivity index (χ0n) is 13.8. The first-order valence-electron chi connectivity index (χ1n) is 8.57. The van der Waals surface area contributed by atoms with Gasteiger partial charge in [0.15, 0.2) is 0 Å². The maximum Gasteiger partial charge on any atom is 0.127 e. The van der Waals surface area contributed by atoms with Crippen LogP contribution < -0.4 is 5.30 Å². The van der Waals surface area contributed by atoms with Crippen LogP contribution in [0.4, 0.5) is 4.39 Å². The Labute approximate surface area is 140 Å². The number of aliphatic hydroxyl groups is 1. The van der Waals surface area contributed by atoms with Crippen molar-refractivity contribution in [3.05, 3.63) is 29.1 Å². The summed E-state index contributed by atoms with van der Waals surface area (Å²) in [6.07, 6.45) is 5.18.